The molecule has 8 heteroatoms. The Balaban J connectivity index is 1.59. The molecule has 0 spiro atoms. The van der Waals surface area contributed by atoms with Crippen molar-refractivity contribution >= 4 is 52.5 Å². The minimum Gasteiger partial charge on any atom is -0.484 e. The van der Waals surface area contributed by atoms with E-state index in [9.17, 15) is 14.9 Å². The van der Waals surface area contributed by atoms with E-state index in [1.807, 2.05) is 6.07 Å². The van der Waals surface area contributed by atoms with Gasteiger partial charge in [-0.25, -0.2) is 0 Å². The monoisotopic (exact) mass is 465 g/mol. The summed E-state index contributed by atoms with van der Waals surface area (Å²) in [6.07, 6.45) is 1.44. The number of carbonyl (C=O) groups excluding carboxylic acids is 2. The minimum absolute atomic E-state index is 0.0855. The van der Waals surface area contributed by atoms with Crippen molar-refractivity contribution in [3.63, 3.8) is 0 Å². The summed E-state index contributed by atoms with van der Waals surface area (Å²) in [5.41, 5.74) is 1.45. The SMILES string of the molecule is N#C/C(=C\c1ccc(OCC(=O)Nc2ccccc2Cl)cc1)C(=O)Nc1ccccc1Cl. The largest absolute Gasteiger partial charge is 0.484 e. The predicted molar refractivity (Wildman–Crippen MR) is 126 cm³/mol. The number of nitriles is 1. The molecule has 0 saturated heterocycles. The van der Waals surface area contributed by atoms with Crippen LogP contribution in [0.3, 0.4) is 0 Å². The quantitative estimate of drug-likeness (QED) is 0.353. The number of anilines is 2. The minimum atomic E-state index is -0.572. The van der Waals surface area contributed by atoms with E-state index in [2.05, 4.69) is 10.6 Å². The van der Waals surface area contributed by atoms with Gasteiger partial charge in [-0.2, -0.15) is 5.26 Å². The second-order valence-corrected chi connectivity index (χ2v) is 7.30. The lowest BCUT2D eigenvalue weighted by atomic mass is 10.1. The first-order chi connectivity index (χ1) is 15.5. The van der Waals surface area contributed by atoms with Crippen molar-refractivity contribution in [1.29, 1.82) is 5.26 Å². The van der Waals surface area contributed by atoms with Crippen molar-refractivity contribution in [2.45, 2.75) is 0 Å². The van der Waals surface area contributed by atoms with Crippen LogP contribution in [0.15, 0.2) is 78.4 Å². The molecule has 2 amide bonds. The lowest BCUT2D eigenvalue weighted by molar-refractivity contribution is -0.118. The summed E-state index contributed by atoms with van der Waals surface area (Å²) in [4.78, 5) is 24.4. The van der Waals surface area contributed by atoms with Crippen LogP contribution in [0.25, 0.3) is 6.08 Å². The van der Waals surface area contributed by atoms with Gasteiger partial charge >= 0.3 is 0 Å². The van der Waals surface area contributed by atoms with Crippen molar-refractivity contribution in [2.75, 3.05) is 17.2 Å². The summed E-state index contributed by atoms with van der Waals surface area (Å²) in [5.74, 6) is -0.474. The van der Waals surface area contributed by atoms with E-state index >= 15 is 0 Å². The molecule has 0 heterocycles. The molecule has 0 aromatic heterocycles. The summed E-state index contributed by atoms with van der Waals surface area (Å²) < 4.78 is 5.47. The Kier molecular flexibility index (Phi) is 7.87. The summed E-state index contributed by atoms with van der Waals surface area (Å²) in [6.45, 7) is -0.204. The highest BCUT2D eigenvalue weighted by Crippen LogP contribution is 2.22. The molecule has 0 radical (unpaired) electrons. The molecule has 0 aliphatic carbocycles. The molecule has 0 bridgehead atoms. The average Bonchev–Trinajstić information content (AvgIpc) is 2.80. The highest BCUT2D eigenvalue weighted by molar-refractivity contribution is 6.34. The molecule has 32 heavy (non-hydrogen) atoms. The van der Waals surface area contributed by atoms with Crippen LogP contribution in [0, 0.1) is 11.3 Å². The van der Waals surface area contributed by atoms with Crippen LogP contribution >= 0.6 is 23.2 Å². The van der Waals surface area contributed by atoms with Gasteiger partial charge in [0.2, 0.25) is 0 Å². The van der Waals surface area contributed by atoms with Gasteiger partial charge in [-0.3, -0.25) is 9.59 Å². The molecule has 0 aliphatic heterocycles. The molecule has 3 aromatic rings. The van der Waals surface area contributed by atoms with Gasteiger partial charge in [0.15, 0.2) is 6.61 Å². The van der Waals surface area contributed by atoms with Gasteiger partial charge in [-0.15, -0.1) is 0 Å². The zero-order chi connectivity index (χ0) is 22.9. The molecule has 2 N–H and O–H groups in total. The summed E-state index contributed by atoms with van der Waals surface area (Å²) in [5, 5.41) is 15.4. The molecule has 160 valence electrons. The number of amides is 2. The maximum absolute atomic E-state index is 12.4. The number of nitrogens with zero attached hydrogens (tertiary/aromatic N) is 1. The smallest absolute Gasteiger partial charge is 0.266 e. The third-order valence-electron chi connectivity index (χ3n) is 4.20. The Morgan fingerprint density at radius 1 is 0.875 bits per heavy atom. The van der Waals surface area contributed by atoms with Crippen LogP contribution in [0.1, 0.15) is 5.56 Å². The molecule has 6 nitrogen and oxygen atoms in total. The maximum atomic E-state index is 12.4. The Hall–Kier alpha value is -3.79. The molecule has 0 unspecified atom stereocenters. The Bertz CT molecular complexity index is 1200. The van der Waals surface area contributed by atoms with Gasteiger partial charge in [-0.05, 0) is 48.0 Å². The molecule has 0 atom stereocenters. The van der Waals surface area contributed by atoms with E-state index < -0.39 is 5.91 Å². The van der Waals surface area contributed by atoms with Crippen molar-refractivity contribution in [1.82, 2.24) is 0 Å². The van der Waals surface area contributed by atoms with Crippen molar-refractivity contribution in [3.05, 3.63) is 94.0 Å². The molecular weight excluding hydrogens is 449 g/mol. The van der Waals surface area contributed by atoms with Gasteiger partial charge in [0.25, 0.3) is 11.8 Å². The van der Waals surface area contributed by atoms with Crippen molar-refractivity contribution in [2.24, 2.45) is 0 Å². The number of nitrogens with one attached hydrogen (secondary N) is 2. The zero-order valence-corrected chi connectivity index (χ0v) is 18.2. The number of carbonyl (C=O) groups is 2. The zero-order valence-electron chi connectivity index (χ0n) is 16.6. The first-order valence-electron chi connectivity index (χ1n) is 9.41. The van der Waals surface area contributed by atoms with Crippen LogP contribution in [0.4, 0.5) is 11.4 Å². The first-order valence-corrected chi connectivity index (χ1v) is 10.2. The van der Waals surface area contributed by atoms with E-state index in [-0.39, 0.29) is 18.1 Å². The normalized spacial score (nSPS) is 10.7. The van der Waals surface area contributed by atoms with Crippen molar-refractivity contribution in [3.8, 4) is 11.8 Å². The topological polar surface area (TPSA) is 91.2 Å². The standard InChI is InChI=1S/C24H17Cl2N3O3/c25-19-5-1-3-7-21(19)28-23(30)15-32-18-11-9-16(10-12-18)13-17(14-27)24(31)29-22-8-4-2-6-20(22)26/h1-13H,15H2,(H,28,30)(H,29,31)/b17-13+. The van der Waals surface area contributed by atoms with Gasteiger partial charge < -0.3 is 15.4 Å². The first kappa shape index (κ1) is 22.9. The maximum Gasteiger partial charge on any atom is 0.266 e. The molecule has 3 rings (SSSR count). The summed E-state index contributed by atoms with van der Waals surface area (Å²) >= 11 is 12.0. The van der Waals surface area contributed by atoms with Crippen LogP contribution in [0.5, 0.6) is 5.75 Å². The van der Waals surface area contributed by atoms with Crippen LogP contribution in [-0.2, 0) is 9.59 Å². The summed E-state index contributed by atoms with van der Waals surface area (Å²) in [6, 6.07) is 22.1. The Labute approximate surface area is 195 Å². The molecule has 0 fully saturated rings. The Morgan fingerprint density at radius 2 is 1.44 bits per heavy atom. The van der Waals surface area contributed by atoms with E-state index in [4.69, 9.17) is 27.9 Å². The van der Waals surface area contributed by atoms with E-state index in [0.717, 1.165) is 0 Å². The van der Waals surface area contributed by atoms with Gasteiger partial charge in [-0.1, -0.05) is 59.6 Å². The predicted octanol–water partition coefficient (Wildman–Crippen LogP) is 5.56. The highest BCUT2D eigenvalue weighted by Gasteiger charge is 2.11. The number of hydrogen-bond acceptors (Lipinski definition) is 4. The molecule has 0 aliphatic rings. The van der Waals surface area contributed by atoms with Gasteiger partial charge in [0.05, 0.1) is 21.4 Å². The van der Waals surface area contributed by atoms with Crippen LogP contribution < -0.4 is 15.4 Å². The number of rotatable bonds is 7. The summed E-state index contributed by atoms with van der Waals surface area (Å²) in [7, 11) is 0. The fraction of sp³-hybridized carbons (Fsp3) is 0.0417. The number of halogens is 2. The molecule has 0 saturated carbocycles. The van der Waals surface area contributed by atoms with Crippen LogP contribution in [0.2, 0.25) is 10.0 Å². The highest BCUT2D eigenvalue weighted by atomic mass is 35.5. The fourth-order valence-corrected chi connectivity index (χ4v) is 2.99. The third kappa shape index (κ3) is 6.35. The number of ether oxygens (including phenoxy) is 1. The van der Waals surface area contributed by atoms with E-state index in [1.165, 1.54) is 6.08 Å². The number of benzene rings is 3. The average molecular weight is 466 g/mol. The van der Waals surface area contributed by atoms with Gasteiger partial charge in [0.1, 0.15) is 17.4 Å². The van der Waals surface area contributed by atoms with Crippen molar-refractivity contribution < 1.29 is 14.3 Å². The van der Waals surface area contributed by atoms with E-state index in [0.29, 0.717) is 32.7 Å². The third-order valence-corrected chi connectivity index (χ3v) is 4.86. The molecule has 3 aromatic carbocycles. The van der Waals surface area contributed by atoms with Gasteiger partial charge in [0, 0.05) is 0 Å². The molecular formula is C24H17Cl2N3O3. The number of hydrogen-bond donors (Lipinski definition) is 2. The lowest BCUT2D eigenvalue weighted by Gasteiger charge is -2.09. The Morgan fingerprint density at radius 3 is 2.00 bits per heavy atom. The van der Waals surface area contributed by atoms with E-state index in [1.54, 1.807) is 72.8 Å². The second-order valence-electron chi connectivity index (χ2n) is 6.49. The number of para-hydroxylation sites is 2. The lowest BCUT2D eigenvalue weighted by Crippen LogP contribution is -2.20. The van der Waals surface area contributed by atoms with Crippen LogP contribution in [-0.4, -0.2) is 18.4 Å². The second kappa shape index (κ2) is 11.0. The fourth-order valence-electron chi connectivity index (χ4n) is 2.63.